The van der Waals surface area contributed by atoms with Crippen molar-refractivity contribution in [3.63, 3.8) is 0 Å². The molecule has 30 heavy (non-hydrogen) atoms. The summed E-state index contributed by atoms with van der Waals surface area (Å²) in [4.78, 5) is 20.1. The van der Waals surface area contributed by atoms with Gasteiger partial charge in [0.1, 0.15) is 11.7 Å². The monoisotopic (exact) mass is 401 g/mol. The predicted octanol–water partition coefficient (Wildman–Crippen LogP) is 3.10. The van der Waals surface area contributed by atoms with E-state index in [1.54, 1.807) is 0 Å². The average molecular weight is 402 g/mol. The van der Waals surface area contributed by atoms with Crippen molar-refractivity contribution in [2.75, 3.05) is 13.1 Å². The summed E-state index contributed by atoms with van der Waals surface area (Å²) in [5.74, 6) is 1.36. The Morgan fingerprint density at radius 2 is 1.83 bits per heavy atom. The Bertz CT molecular complexity index is 1130. The number of amidine groups is 1. The molecule has 0 unspecified atom stereocenters. The van der Waals surface area contributed by atoms with Crippen molar-refractivity contribution in [1.29, 1.82) is 5.41 Å². The largest absolute Gasteiger partial charge is 0.384 e. The Balaban J connectivity index is 1.43. The van der Waals surface area contributed by atoms with Gasteiger partial charge in [-0.3, -0.25) is 10.2 Å². The normalized spacial score (nSPS) is 17.4. The fraction of sp³-hybridized carbons (Fsp3) is 0.375. The highest BCUT2D eigenvalue weighted by Crippen LogP contribution is 2.50. The molecule has 0 radical (unpaired) electrons. The van der Waals surface area contributed by atoms with Gasteiger partial charge < -0.3 is 15.2 Å². The molecule has 2 aromatic carbocycles. The van der Waals surface area contributed by atoms with Gasteiger partial charge in [-0.25, -0.2) is 4.98 Å². The SMILES string of the molecule is Cn1c(Cc2ccc(C(=N)N)cc2)nc2cc(C3(C(=O)N4CCCC4)CC3)ccc21. The first kappa shape index (κ1) is 18.9. The van der Waals surface area contributed by atoms with E-state index in [-0.39, 0.29) is 11.3 Å². The summed E-state index contributed by atoms with van der Waals surface area (Å²) in [5, 5.41) is 7.53. The highest BCUT2D eigenvalue weighted by Gasteiger charge is 2.53. The lowest BCUT2D eigenvalue weighted by atomic mass is 9.94. The second-order valence-corrected chi connectivity index (χ2v) is 8.66. The Labute approximate surface area is 176 Å². The van der Waals surface area contributed by atoms with Gasteiger partial charge in [0.2, 0.25) is 5.91 Å². The molecule has 0 atom stereocenters. The molecule has 1 saturated carbocycles. The van der Waals surface area contributed by atoms with Crippen LogP contribution < -0.4 is 5.73 Å². The number of nitrogens with zero attached hydrogens (tertiary/aromatic N) is 3. The van der Waals surface area contributed by atoms with Gasteiger partial charge in [0.25, 0.3) is 0 Å². The van der Waals surface area contributed by atoms with E-state index in [0.717, 1.165) is 72.3 Å². The van der Waals surface area contributed by atoms with Gasteiger partial charge in [0.05, 0.1) is 16.4 Å². The second kappa shape index (κ2) is 6.97. The Morgan fingerprint density at radius 1 is 1.13 bits per heavy atom. The molecule has 154 valence electrons. The molecule has 2 heterocycles. The molecule has 0 spiro atoms. The summed E-state index contributed by atoms with van der Waals surface area (Å²) in [6, 6.07) is 14.1. The summed E-state index contributed by atoms with van der Waals surface area (Å²) in [6.07, 6.45) is 4.83. The van der Waals surface area contributed by atoms with Crippen LogP contribution in [-0.2, 0) is 23.7 Å². The maximum Gasteiger partial charge on any atom is 0.233 e. The first-order chi connectivity index (χ1) is 14.5. The zero-order chi connectivity index (χ0) is 20.9. The summed E-state index contributed by atoms with van der Waals surface area (Å²) >= 11 is 0. The number of carbonyl (C=O) groups is 1. The molecule has 1 amide bonds. The molecule has 3 N–H and O–H groups in total. The van der Waals surface area contributed by atoms with E-state index in [4.69, 9.17) is 16.1 Å². The maximum atomic E-state index is 13.1. The summed E-state index contributed by atoms with van der Waals surface area (Å²) in [5.41, 5.74) is 10.2. The molecule has 6 nitrogen and oxygen atoms in total. The highest BCUT2D eigenvalue weighted by atomic mass is 16.2. The van der Waals surface area contributed by atoms with Gasteiger partial charge in [-0.1, -0.05) is 30.3 Å². The van der Waals surface area contributed by atoms with E-state index in [2.05, 4.69) is 22.8 Å². The standard InChI is InChI=1S/C24H27N5O/c1-28-20-9-8-18(24(10-11-24)23(30)29-12-2-3-13-29)15-19(20)27-21(28)14-16-4-6-17(7-5-16)22(25)26/h4-9,15H,2-3,10-14H2,1H3,(H3,25,26). The number of hydrogen-bond acceptors (Lipinski definition) is 3. The van der Waals surface area contributed by atoms with E-state index in [0.29, 0.717) is 12.3 Å². The van der Waals surface area contributed by atoms with Crippen molar-refractivity contribution in [2.24, 2.45) is 12.8 Å². The topological polar surface area (TPSA) is 88.0 Å². The molecule has 1 aromatic heterocycles. The van der Waals surface area contributed by atoms with Crippen LogP contribution in [0.2, 0.25) is 0 Å². The van der Waals surface area contributed by atoms with Crippen molar-refractivity contribution in [3.8, 4) is 0 Å². The van der Waals surface area contributed by atoms with Crippen LogP contribution in [0.5, 0.6) is 0 Å². The van der Waals surface area contributed by atoms with Gasteiger partial charge in [-0.2, -0.15) is 0 Å². The summed E-state index contributed by atoms with van der Waals surface area (Å²) in [7, 11) is 2.04. The van der Waals surface area contributed by atoms with Crippen molar-refractivity contribution in [1.82, 2.24) is 14.5 Å². The number of aryl methyl sites for hydroxylation is 1. The van der Waals surface area contributed by atoms with Crippen LogP contribution in [0.3, 0.4) is 0 Å². The molecule has 6 heteroatoms. The minimum absolute atomic E-state index is 0.0780. The molecule has 1 aliphatic heterocycles. The number of aromatic nitrogens is 2. The second-order valence-electron chi connectivity index (χ2n) is 8.66. The Kier molecular flexibility index (Phi) is 4.38. The number of nitrogens with one attached hydrogen (secondary N) is 1. The van der Waals surface area contributed by atoms with Gasteiger partial charge in [-0.15, -0.1) is 0 Å². The molecular weight excluding hydrogens is 374 g/mol. The number of likely N-dealkylation sites (tertiary alicyclic amines) is 1. The van der Waals surface area contributed by atoms with Crippen molar-refractivity contribution >= 4 is 22.8 Å². The molecule has 1 aliphatic carbocycles. The third-order valence-corrected chi connectivity index (χ3v) is 6.71. The van der Waals surface area contributed by atoms with Crippen LogP contribution in [0, 0.1) is 5.41 Å². The molecule has 0 bridgehead atoms. The van der Waals surface area contributed by atoms with Crippen LogP contribution in [0.1, 0.15) is 48.2 Å². The maximum absolute atomic E-state index is 13.1. The number of nitrogen functional groups attached to an aromatic ring is 1. The van der Waals surface area contributed by atoms with E-state index in [1.807, 2.05) is 36.2 Å². The zero-order valence-electron chi connectivity index (χ0n) is 17.3. The van der Waals surface area contributed by atoms with Gasteiger partial charge in [-0.05, 0) is 48.9 Å². The molecular formula is C24H27N5O. The number of fused-ring (bicyclic) bond motifs is 1. The Hall–Kier alpha value is -3.15. The zero-order valence-corrected chi connectivity index (χ0v) is 17.3. The van der Waals surface area contributed by atoms with E-state index in [1.165, 1.54) is 0 Å². The first-order valence-corrected chi connectivity index (χ1v) is 10.7. The van der Waals surface area contributed by atoms with Gasteiger partial charge >= 0.3 is 0 Å². The number of amides is 1. The lowest BCUT2D eigenvalue weighted by Crippen LogP contribution is -2.37. The molecule has 1 saturated heterocycles. The number of nitrogens with two attached hydrogens (primary N) is 1. The quantitative estimate of drug-likeness (QED) is 0.509. The Morgan fingerprint density at radius 3 is 2.47 bits per heavy atom. The van der Waals surface area contributed by atoms with Crippen LogP contribution in [0.25, 0.3) is 11.0 Å². The third-order valence-electron chi connectivity index (χ3n) is 6.71. The molecule has 2 aliphatic rings. The minimum atomic E-state index is -0.321. The summed E-state index contributed by atoms with van der Waals surface area (Å²) in [6.45, 7) is 1.80. The number of rotatable bonds is 5. The van der Waals surface area contributed by atoms with Gasteiger partial charge in [0, 0.05) is 32.1 Å². The molecule has 2 fully saturated rings. The van der Waals surface area contributed by atoms with Gasteiger partial charge in [0.15, 0.2) is 0 Å². The van der Waals surface area contributed by atoms with E-state index < -0.39 is 0 Å². The van der Waals surface area contributed by atoms with E-state index >= 15 is 0 Å². The van der Waals surface area contributed by atoms with Crippen LogP contribution >= 0.6 is 0 Å². The number of hydrogen-bond donors (Lipinski definition) is 2. The lowest BCUT2D eigenvalue weighted by Gasteiger charge is -2.23. The predicted molar refractivity (Wildman–Crippen MR) is 118 cm³/mol. The van der Waals surface area contributed by atoms with E-state index in [9.17, 15) is 4.79 Å². The smallest absolute Gasteiger partial charge is 0.233 e. The van der Waals surface area contributed by atoms with Crippen molar-refractivity contribution < 1.29 is 4.79 Å². The van der Waals surface area contributed by atoms with Crippen molar-refractivity contribution in [2.45, 2.75) is 37.5 Å². The fourth-order valence-corrected chi connectivity index (χ4v) is 4.66. The molecule has 3 aromatic rings. The highest BCUT2D eigenvalue weighted by molar-refractivity contribution is 5.95. The lowest BCUT2D eigenvalue weighted by molar-refractivity contribution is -0.132. The third kappa shape index (κ3) is 3.07. The summed E-state index contributed by atoms with van der Waals surface area (Å²) < 4.78 is 2.12. The first-order valence-electron chi connectivity index (χ1n) is 10.7. The minimum Gasteiger partial charge on any atom is -0.384 e. The number of benzene rings is 2. The van der Waals surface area contributed by atoms with Crippen molar-refractivity contribution in [3.05, 3.63) is 65.0 Å². The molecule has 5 rings (SSSR count). The van der Waals surface area contributed by atoms with Crippen LogP contribution in [-0.4, -0.2) is 39.3 Å². The number of imidazole rings is 1. The number of carbonyl (C=O) groups excluding carboxylic acids is 1. The van der Waals surface area contributed by atoms with Crippen LogP contribution in [0.15, 0.2) is 42.5 Å². The average Bonchev–Trinajstić information content (AvgIpc) is 3.26. The van der Waals surface area contributed by atoms with Crippen LogP contribution in [0.4, 0.5) is 0 Å². The fourth-order valence-electron chi connectivity index (χ4n) is 4.66.